The van der Waals surface area contributed by atoms with E-state index in [1.54, 1.807) is 31.2 Å². The smallest absolute Gasteiger partial charge is 0.266 e. The first kappa shape index (κ1) is 16.6. The van der Waals surface area contributed by atoms with Crippen molar-refractivity contribution in [3.8, 4) is 5.75 Å². The van der Waals surface area contributed by atoms with Gasteiger partial charge >= 0.3 is 0 Å². The summed E-state index contributed by atoms with van der Waals surface area (Å²) in [5, 5.41) is 3.60. The normalized spacial score (nSPS) is 11.9. The summed E-state index contributed by atoms with van der Waals surface area (Å²) in [5.74, 6) is 0.603. The predicted octanol–water partition coefficient (Wildman–Crippen LogP) is 4.41. The molecule has 0 spiro atoms. The molecule has 1 aromatic carbocycles. The minimum absolute atomic E-state index is 0.302. The number of aromatic nitrogens is 1. The number of rotatable bonds is 4. The highest BCUT2D eigenvalue weighted by molar-refractivity contribution is 6.35. The fourth-order valence-electron chi connectivity index (χ4n) is 1.95. The van der Waals surface area contributed by atoms with Gasteiger partial charge in [0.15, 0.2) is 6.10 Å². The summed E-state index contributed by atoms with van der Waals surface area (Å²) in [6.07, 6.45) is -0.721. The molecule has 0 fully saturated rings. The van der Waals surface area contributed by atoms with E-state index in [1.807, 2.05) is 19.9 Å². The van der Waals surface area contributed by atoms with E-state index in [2.05, 4.69) is 10.3 Å². The molecule has 1 atom stereocenters. The summed E-state index contributed by atoms with van der Waals surface area (Å²) >= 11 is 11.9. The molecular weight excluding hydrogens is 323 g/mol. The van der Waals surface area contributed by atoms with E-state index in [0.717, 1.165) is 11.3 Å². The van der Waals surface area contributed by atoms with Crippen LogP contribution < -0.4 is 10.1 Å². The number of amides is 1. The number of hydrogen-bond donors (Lipinski definition) is 1. The molecule has 0 unspecified atom stereocenters. The Bertz CT molecular complexity index is 684. The fourth-order valence-corrected chi connectivity index (χ4v) is 2.40. The van der Waals surface area contributed by atoms with Crippen molar-refractivity contribution >= 4 is 34.9 Å². The third-order valence-electron chi connectivity index (χ3n) is 2.92. The number of nitrogens with one attached hydrogen (secondary N) is 1. The fraction of sp³-hybridized carbons (Fsp3) is 0.250. The molecule has 6 heteroatoms. The number of ether oxygens (including phenoxy) is 1. The second-order valence-electron chi connectivity index (χ2n) is 5.00. The molecule has 1 aromatic heterocycles. The van der Waals surface area contributed by atoms with Gasteiger partial charge in [0.05, 0.1) is 5.02 Å². The molecule has 4 nitrogen and oxygen atoms in total. The molecule has 22 heavy (non-hydrogen) atoms. The first-order chi connectivity index (χ1) is 10.3. The van der Waals surface area contributed by atoms with E-state index in [4.69, 9.17) is 27.9 Å². The van der Waals surface area contributed by atoms with Gasteiger partial charge < -0.3 is 10.1 Å². The van der Waals surface area contributed by atoms with Gasteiger partial charge in [-0.1, -0.05) is 23.2 Å². The van der Waals surface area contributed by atoms with Crippen molar-refractivity contribution in [1.29, 1.82) is 0 Å². The zero-order chi connectivity index (χ0) is 16.3. The average molecular weight is 339 g/mol. The number of carbonyl (C=O) groups is 1. The molecule has 0 aliphatic carbocycles. The van der Waals surface area contributed by atoms with Crippen molar-refractivity contribution in [2.45, 2.75) is 26.9 Å². The molecule has 0 saturated heterocycles. The summed E-state index contributed by atoms with van der Waals surface area (Å²) in [5.41, 5.74) is 1.86. The predicted molar refractivity (Wildman–Crippen MR) is 88.9 cm³/mol. The molecule has 1 amide bonds. The Morgan fingerprint density at radius 1 is 1.23 bits per heavy atom. The van der Waals surface area contributed by atoms with Crippen LogP contribution in [0.1, 0.15) is 18.2 Å². The maximum absolute atomic E-state index is 12.2. The lowest BCUT2D eigenvalue weighted by molar-refractivity contribution is -0.122. The van der Waals surface area contributed by atoms with E-state index < -0.39 is 6.10 Å². The number of benzene rings is 1. The monoisotopic (exact) mass is 338 g/mol. The summed E-state index contributed by atoms with van der Waals surface area (Å²) in [6, 6.07) is 8.58. The maximum Gasteiger partial charge on any atom is 0.266 e. The van der Waals surface area contributed by atoms with Crippen LogP contribution in [0.5, 0.6) is 5.75 Å². The molecular formula is C16H16Cl2N2O2. The topological polar surface area (TPSA) is 51.2 Å². The lowest BCUT2D eigenvalue weighted by Gasteiger charge is -2.15. The van der Waals surface area contributed by atoms with Gasteiger partial charge in [-0.3, -0.25) is 4.79 Å². The van der Waals surface area contributed by atoms with Crippen LogP contribution in [-0.4, -0.2) is 17.0 Å². The lowest BCUT2D eigenvalue weighted by atomic mass is 10.2. The van der Waals surface area contributed by atoms with Crippen molar-refractivity contribution in [2.75, 3.05) is 5.32 Å². The van der Waals surface area contributed by atoms with Gasteiger partial charge in [-0.25, -0.2) is 4.98 Å². The van der Waals surface area contributed by atoms with Crippen molar-refractivity contribution < 1.29 is 9.53 Å². The number of anilines is 1. The zero-order valence-electron chi connectivity index (χ0n) is 12.5. The Kier molecular flexibility index (Phi) is 5.27. The van der Waals surface area contributed by atoms with Gasteiger partial charge in [0.2, 0.25) is 0 Å². The third-order valence-corrected chi connectivity index (χ3v) is 3.45. The highest BCUT2D eigenvalue weighted by atomic mass is 35.5. The third kappa shape index (κ3) is 4.36. The van der Waals surface area contributed by atoms with Crippen molar-refractivity contribution in [1.82, 2.24) is 4.98 Å². The van der Waals surface area contributed by atoms with Crippen LogP contribution >= 0.6 is 23.2 Å². The SMILES string of the molecule is Cc1cc(C)nc(NC(=O)[C@H](C)Oc2ccc(Cl)cc2Cl)c1. The first-order valence-electron chi connectivity index (χ1n) is 6.73. The molecule has 116 valence electrons. The molecule has 0 aliphatic heterocycles. The standard InChI is InChI=1S/C16H16Cl2N2O2/c1-9-6-10(2)19-15(7-9)20-16(21)11(3)22-14-5-4-12(17)8-13(14)18/h4-8,11H,1-3H3,(H,19,20,21)/t11-/m0/s1. The lowest BCUT2D eigenvalue weighted by Crippen LogP contribution is -2.30. The number of nitrogens with zero attached hydrogens (tertiary/aromatic N) is 1. The Balaban J connectivity index is 2.05. The van der Waals surface area contributed by atoms with Crippen molar-refractivity contribution in [3.05, 3.63) is 51.6 Å². The Labute approximate surface area is 139 Å². The molecule has 2 aromatic rings. The number of halogens is 2. The van der Waals surface area contributed by atoms with E-state index in [0.29, 0.717) is 21.6 Å². The van der Waals surface area contributed by atoms with E-state index in [1.165, 1.54) is 0 Å². The van der Waals surface area contributed by atoms with Crippen molar-refractivity contribution in [2.24, 2.45) is 0 Å². The van der Waals surface area contributed by atoms with Crippen LogP contribution in [-0.2, 0) is 4.79 Å². The summed E-state index contributed by atoms with van der Waals surface area (Å²) < 4.78 is 5.56. The minimum atomic E-state index is -0.721. The minimum Gasteiger partial charge on any atom is -0.479 e. The molecule has 0 saturated carbocycles. The number of hydrogen-bond acceptors (Lipinski definition) is 3. The second kappa shape index (κ2) is 6.99. The Morgan fingerprint density at radius 2 is 1.95 bits per heavy atom. The van der Waals surface area contributed by atoms with E-state index in [-0.39, 0.29) is 5.91 Å². The van der Waals surface area contributed by atoms with Crippen LogP contribution in [0, 0.1) is 13.8 Å². The van der Waals surface area contributed by atoms with Crippen LogP contribution in [0.25, 0.3) is 0 Å². The Morgan fingerprint density at radius 3 is 2.59 bits per heavy atom. The van der Waals surface area contributed by atoms with E-state index in [9.17, 15) is 4.79 Å². The van der Waals surface area contributed by atoms with Crippen LogP contribution in [0.3, 0.4) is 0 Å². The average Bonchev–Trinajstić information content (AvgIpc) is 2.40. The van der Waals surface area contributed by atoms with Gasteiger partial charge in [-0.15, -0.1) is 0 Å². The molecule has 2 rings (SSSR count). The quantitative estimate of drug-likeness (QED) is 0.898. The molecule has 1 N–H and O–H groups in total. The first-order valence-corrected chi connectivity index (χ1v) is 7.48. The highest BCUT2D eigenvalue weighted by Crippen LogP contribution is 2.28. The summed E-state index contributed by atoms with van der Waals surface area (Å²) in [4.78, 5) is 16.4. The molecule has 1 heterocycles. The summed E-state index contributed by atoms with van der Waals surface area (Å²) in [7, 11) is 0. The van der Waals surface area contributed by atoms with Gasteiger partial charge in [0.1, 0.15) is 11.6 Å². The van der Waals surface area contributed by atoms with Crippen LogP contribution in [0.4, 0.5) is 5.82 Å². The van der Waals surface area contributed by atoms with Gasteiger partial charge in [-0.05, 0) is 56.7 Å². The van der Waals surface area contributed by atoms with Gasteiger partial charge in [0, 0.05) is 10.7 Å². The molecule has 0 aliphatic rings. The number of pyridine rings is 1. The largest absolute Gasteiger partial charge is 0.479 e. The molecule has 0 bridgehead atoms. The summed E-state index contributed by atoms with van der Waals surface area (Å²) in [6.45, 7) is 5.46. The van der Waals surface area contributed by atoms with Crippen LogP contribution in [0.15, 0.2) is 30.3 Å². The highest BCUT2D eigenvalue weighted by Gasteiger charge is 2.17. The van der Waals surface area contributed by atoms with E-state index >= 15 is 0 Å². The van der Waals surface area contributed by atoms with Gasteiger partial charge in [-0.2, -0.15) is 0 Å². The number of carbonyl (C=O) groups excluding carboxylic acids is 1. The second-order valence-corrected chi connectivity index (χ2v) is 5.84. The van der Waals surface area contributed by atoms with Crippen LogP contribution in [0.2, 0.25) is 10.0 Å². The molecule has 0 radical (unpaired) electrons. The Hall–Kier alpha value is -1.78. The maximum atomic E-state index is 12.2. The number of aryl methyl sites for hydroxylation is 2. The zero-order valence-corrected chi connectivity index (χ0v) is 14.0. The van der Waals surface area contributed by atoms with Gasteiger partial charge in [0.25, 0.3) is 5.91 Å². The van der Waals surface area contributed by atoms with Crippen molar-refractivity contribution in [3.63, 3.8) is 0 Å².